The van der Waals surface area contributed by atoms with Gasteiger partial charge in [0.15, 0.2) is 0 Å². The van der Waals surface area contributed by atoms with Crippen LogP contribution in [0.5, 0.6) is 0 Å². The zero-order chi connectivity index (χ0) is 29.6. The maximum absolute atomic E-state index is 15.0. The van der Waals surface area contributed by atoms with Gasteiger partial charge in [-0.2, -0.15) is 13.2 Å². The monoisotopic (exact) mass is 574 g/mol. The molecule has 220 valence electrons. The maximum Gasteiger partial charge on any atom is 0.390 e. The van der Waals surface area contributed by atoms with Crippen LogP contribution < -0.4 is 16.2 Å². The fourth-order valence-electron chi connectivity index (χ4n) is 6.01. The summed E-state index contributed by atoms with van der Waals surface area (Å²) in [6.07, 6.45) is 0.943. The molecule has 2 saturated carbocycles. The molecule has 0 atom stereocenters. The van der Waals surface area contributed by atoms with Gasteiger partial charge in [-0.15, -0.1) is 10.2 Å². The van der Waals surface area contributed by atoms with Crippen molar-refractivity contribution in [1.82, 2.24) is 24.6 Å². The number of nitrogens with one attached hydrogen (secondary N) is 2. The van der Waals surface area contributed by atoms with Crippen molar-refractivity contribution in [2.75, 3.05) is 11.9 Å². The smallest absolute Gasteiger partial charge is 0.320 e. The van der Waals surface area contributed by atoms with Crippen molar-refractivity contribution < 1.29 is 22.4 Å². The molecule has 0 saturated heterocycles. The second-order valence-corrected chi connectivity index (χ2v) is 12.2. The molecule has 2 heterocycles. The molecule has 0 unspecified atom stereocenters. The number of pyridine rings is 1. The van der Waals surface area contributed by atoms with Gasteiger partial charge < -0.3 is 19.8 Å². The van der Waals surface area contributed by atoms with Crippen LogP contribution in [0.3, 0.4) is 0 Å². The fourth-order valence-corrected chi connectivity index (χ4v) is 6.01. The van der Waals surface area contributed by atoms with Crippen molar-refractivity contribution in [1.29, 1.82) is 0 Å². The first kappa shape index (κ1) is 29.0. The van der Waals surface area contributed by atoms with Gasteiger partial charge >= 0.3 is 6.18 Å². The lowest BCUT2D eigenvalue weighted by atomic mass is 9.51. The minimum Gasteiger partial charge on any atom is -0.320 e. The Morgan fingerprint density at radius 2 is 1.90 bits per heavy atom. The van der Waals surface area contributed by atoms with Gasteiger partial charge in [-0.1, -0.05) is 19.9 Å². The van der Waals surface area contributed by atoms with E-state index in [9.17, 15) is 22.8 Å². The largest absolute Gasteiger partial charge is 0.390 e. The summed E-state index contributed by atoms with van der Waals surface area (Å²) < 4.78 is 56.6. The Hall–Kier alpha value is -3.54. The minimum atomic E-state index is -4.47. The van der Waals surface area contributed by atoms with E-state index in [1.807, 2.05) is 11.6 Å². The molecule has 0 spiro atoms. The first-order valence-electron chi connectivity index (χ1n) is 13.7. The first-order chi connectivity index (χ1) is 19.3. The van der Waals surface area contributed by atoms with E-state index in [2.05, 4.69) is 34.7 Å². The number of anilines is 1. The van der Waals surface area contributed by atoms with Crippen molar-refractivity contribution in [2.24, 2.45) is 18.4 Å². The highest BCUT2D eigenvalue weighted by Gasteiger charge is 2.54. The molecule has 2 aliphatic rings. The van der Waals surface area contributed by atoms with Gasteiger partial charge in [0.2, 0.25) is 0 Å². The SMILES string of the molecule is Cn1cnnc1C1(c2ccc(F)c(NC(=O)c3cc(CNCC4CC4)cn(CCC(F)(F)F)c3=O)c2)CC(C)(C)C1. The van der Waals surface area contributed by atoms with Gasteiger partial charge in [0, 0.05) is 26.3 Å². The van der Waals surface area contributed by atoms with E-state index >= 15 is 4.39 Å². The van der Waals surface area contributed by atoms with Crippen molar-refractivity contribution in [3.63, 3.8) is 0 Å². The molecule has 1 amide bonds. The van der Waals surface area contributed by atoms with Crippen molar-refractivity contribution in [3.8, 4) is 0 Å². The Balaban J connectivity index is 1.44. The highest BCUT2D eigenvalue weighted by Crippen LogP contribution is 2.58. The zero-order valence-electron chi connectivity index (χ0n) is 23.3. The summed E-state index contributed by atoms with van der Waals surface area (Å²) in [5.41, 5.74) is -0.647. The number of aromatic nitrogens is 4. The molecule has 2 fully saturated rings. The van der Waals surface area contributed by atoms with E-state index < -0.39 is 41.8 Å². The van der Waals surface area contributed by atoms with E-state index in [4.69, 9.17) is 0 Å². The number of alkyl halides is 3. The Bertz CT molecular complexity index is 1500. The second-order valence-electron chi connectivity index (χ2n) is 12.2. The summed E-state index contributed by atoms with van der Waals surface area (Å²) in [6, 6.07) is 5.82. The molecule has 0 bridgehead atoms. The van der Waals surface area contributed by atoms with E-state index in [0.717, 1.165) is 48.2 Å². The number of halogens is 4. The van der Waals surface area contributed by atoms with Crippen LogP contribution in [0.25, 0.3) is 0 Å². The Morgan fingerprint density at radius 3 is 2.51 bits per heavy atom. The molecule has 41 heavy (non-hydrogen) atoms. The van der Waals surface area contributed by atoms with Gasteiger partial charge in [-0.3, -0.25) is 9.59 Å². The lowest BCUT2D eigenvalue weighted by Gasteiger charge is -2.52. The van der Waals surface area contributed by atoms with Gasteiger partial charge in [0.05, 0.1) is 17.5 Å². The van der Waals surface area contributed by atoms with Crippen molar-refractivity contribution >= 4 is 11.6 Å². The standard InChI is InChI=1S/C29H34F4N6O2/c1-27(2)15-28(16-27,26-37-35-17-38(26)3)20-6-7-22(30)23(11-20)36-24(40)21-10-19(13-34-12-18-4-5-18)14-39(25(21)41)9-8-29(31,32)33/h6-7,10-11,14,17-18,34H,4-5,8-9,12-13,15-16H2,1-3H3,(H,36,40). The number of nitrogens with zero attached hydrogens (tertiary/aromatic N) is 4. The van der Waals surface area contributed by atoms with Crippen LogP contribution in [0, 0.1) is 17.2 Å². The molecule has 3 aromatic rings. The summed E-state index contributed by atoms with van der Waals surface area (Å²) >= 11 is 0. The Labute approximate surface area is 235 Å². The summed E-state index contributed by atoms with van der Waals surface area (Å²) in [5, 5.41) is 14.1. The number of rotatable bonds is 10. The van der Waals surface area contributed by atoms with E-state index in [-0.39, 0.29) is 23.2 Å². The van der Waals surface area contributed by atoms with Crippen LogP contribution in [0.15, 0.2) is 41.6 Å². The number of aryl methyl sites for hydroxylation is 2. The predicted molar refractivity (Wildman–Crippen MR) is 145 cm³/mol. The van der Waals surface area contributed by atoms with Crippen LogP contribution in [0.1, 0.15) is 73.3 Å². The van der Waals surface area contributed by atoms with E-state index in [0.29, 0.717) is 11.5 Å². The summed E-state index contributed by atoms with van der Waals surface area (Å²) in [5.74, 6) is -0.305. The predicted octanol–water partition coefficient (Wildman–Crippen LogP) is 4.93. The third-order valence-corrected chi connectivity index (χ3v) is 7.95. The van der Waals surface area contributed by atoms with Crippen LogP contribution in [0.4, 0.5) is 23.2 Å². The van der Waals surface area contributed by atoms with Gasteiger partial charge in [0.1, 0.15) is 23.5 Å². The molecule has 2 aromatic heterocycles. The lowest BCUT2D eigenvalue weighted by molar-refractivity contribution is -0.136. The fraction of sp³-hybridized carbons (Fsp3) is 0.517. The molecule has 0 aliphatic heterocycles. The Morgan fingerprint density at radius 1 is 1.17 bits per heavy atom. The molecule has 2 aliphatic carbocycles. The average molecular weight is 575 g/mol. The summed E-state index contributed by atoms with van der Waals surface area (Å²) in [7, 11) is 1.84. The number of carbonyl (C=O) groups is 1. The zero-order valence-corrected chi connectivity index (χ0v) is 23.3. The number of benzene rings is 1. The molecule has 12 heteroatoms. The third kappa shape index (κ3) is 6.37. The van der Waals surface area contributed by atoms with E-state index in [1.165, 1.54) is 18.3 Å². The molecule has 8 nitrogen and oxygen atoms in total. The van der Waals surface area contributed by atoms with Crippen LogP contribution in [-0.4, -0.2) is 38.0 Å². The molecule has 1 aromatic carbocycles. The molecule has 5 rings (SSSR count). The van der Waals surface area contributed by atoms with Crippen LogP contribution in [-0.2, 0) is 25.6 Å². The van der Waals surface area contributed by atoms with E-state index in [1.54, 1.807) is 18.5 Å². The minimum absolute atomic E-state index is 0.0131. The third-order valence-electron chi connectivity index (χ3n) is 7.95. The highest BCUT2D eigenvalue weighted by molar-refractivity contribution is 6.04. The van der Waals surface area contributed by atoms with Crippen LogP contribution >= 0.6 is 0 Å². The van der Waals surface area contributed by atoms with Gasteiger partial charge in [-0.05, 0) is 72.9 Å². The number of hydrogen-bond acceptors (Lipinski definition) is 5. The number of amides is 1. The summed E-state index contributed by atoms with van der Waals surface area (Å²) in [6.45, 7) is 4.65. The molecular formula is C29H34F4N6O2. The Kier molecular flexibility index (Phi) is 7.56. The van der Waals surface area contributed by atoms with Gasteiger partial charge in [0.25, 0.3) is 11.5 Å². The number of carbonyl (C=O) groups excluding carboxylic acids is 1. The second kappa shape index (κ2) is 10.7. The quantitative estimate of drug-likeness (QED) is 0.335. The van der Waals surface area contributed by atoms with Crippen molar-refractivity contribution in [3.05, 3.63) is 75.5 Å². The highest BCUT2D eigenvalue weighted by atomic mass is 19.4. The molecule has 0 radical (unpaired) electrons. The first-order valence-corrected chi connectivity index (χ1v) is 13.7. The normalized spacial score (nSPS) is 17.7. The summed E-state index contributed by atoms with van der Waals surface area (Å²) in [4.78, 5) is 26.5. The average Bonchev–Trinajstić information content (AvgIpc) is 3.60. The lowest BCUT2D eigenvalue weighted by Crippen LogP contribution is -2.49. The maximum atomic E-state index is 15.0. The molecular weight excluding hydrogens is 540 g/mol. The topological polar surface area (TPSA) is 93.8 Å². The number of hydrogen-bond donors (Lipinski definition) is 2. The van der Waals surface area contributed by atoms with Gasteiger partial charge in [-0.25, -0.2) is 4.39 Å². The van der Waals surface area contributed by atoms with Crippen molar-refractivity contribution in [2.45, 2.75) is 70.6 Å². The van der Waals surface area contributed by atoms with Crippen LogP contribution in [0.2, 0.25) is 0 Å². The molecule has 2 N–H and O–H groups in total.